The Bertz CT molecular complexity index is 997. The minimum atomic E-state index is 0.490. The summed E-state index contributed by atoms with van der Waals surface area (Å²) in [5.74, 6) is 0.796. The number of methoxy groups -OCH3 is 1. The smallest absolute Gasteiger partial charge is 0.145 e. The maximum absolute atomic E-state index is 5.50. The molecule has 0 aliphatic carbocycles. The molecule has 1 atom stereocenters. The molecule has 0 unspecified atom stereocenters. The highest BCUT2D eigenvalue weighted by Crippen LogP contribution is 2.34. The van der Waals surface area contributed by atoms with E-state index in [1.54, 1.807) is 7.11 Å². The van der Waals surface area contributed by atoms with Crippen LogP contribution in [-0.4, -0.2) is 30.1 Å². The van der Waals surface area contributed by atoms with Gasteiger partial charge in [-0.25, -0.2) is 4.98 Å². The average Bonchev–Trinajstić information content (AvgIpc) is 2.74. The predicted octanol–water partition coefficient (Wildman–Crippen LogP) is 6.01. The van der Waals surface area contributed by atoms with Crippen LogP contribution in [0.5, 0.6) is 5.75 Å². The van der Waals surface area contributed by atoms with Gasteiger partial charge in [0.05, 0.1) is 7.11 Å². The highest BCUT2D eigenvalue weighted by molar-refractivity contribution is 5.96. The molecule has 4 rings (SSSR count). The van der Waals surface area contributed by atoms with Crippen molar-refractivity contribution < 1.29 is 4.74 Å². The van der Waals surface area contributed by atoms with Gasteiger partial charge in [0.1, 0.15) is 11.3 Å². The van der Waals surface area contributed by atoms with Gasteiger partial charge < -0.3 is 10.1 Å². The van der Waals surface area contributed by atoms with E-state index in [0.29, 0.717) is 6.04 Å². The van der Waals surface area contributed by atoms with E-state index in [1.807, 2.05) is 25.1 Å². The number of hydrogen-bond donors (Lipinski definition) is 1. The van der Waals surface area contributed by atoms with Crippen molar-refractivity contribution in [3.8, 4) is 5.75 Å². The van der Waals surface area contributed by atoms with Crippen LogP contribution in [0.4, 0.5) is 11.4 Å². The molecular formula is C25H29N3O. The van der Waals surface area contributed by atoms with Crippen molar-refractivity contribution >= 4 is 22.3 Å². The SMILES string of the molecule is C=CCN1CCCC[C@H]1c1ccc(Nc2cc(C)nc3c(OC)cccc23)cc1. The molecule has 3 aromatic rings. The first-order valence-electron chi connectivity index (χ1n) is 10.4. The summed E-state index contributed by atoms with van der Waals surface area (Å²) in [6, 6.07) is 17.5. The van der Waals surface area contributed by atoms with E-state index < -0.39 is 0 Å². The Morgan fingerprint density at radius 1 is 1.21 bits per heavy atom. The lowest BCUT2D eigenvalue weighted by Gasteiger charge is -2.35. The number of nitrogens with zero attached hydrogens (tertiary/aromatic N) is 2. The van der Waals surface area contributed by atoms with Gasteiger partial charge in [-0.2, -0.15) is 0 Å². The molecule has 0 amide bonds. The van der Waals surface area contributed by atoms with Gasteiger partial charge >= 0.3 is 0 Å². The standard InChI is InChI=1S/C25H29N3O/c1-4-15-28-16-6-5-9-23(28)19-11-13-20(14-12-19)27-22-17-18(2)26-25-21(22)8-7-10-24(25)29-3/h4,7-8,10-14,17,23H,1,5-6,9,15-16H2,2-3H3,(H,26,27)/t23-/m0/s1. The summed E-state index contributed by atoms with van der Waals surface area (Å²) in [5.41, 5.74) is 5.36. The van der Waals surface area contributed by atoms with Crippen LogP contribution in [0, 0.1) is 6.92 Å². The van der Waals surface area contributed by atoms with E-state index in [1.165, 1.54) is 24.8 Å². The lowest BCUT2D eigenvalue weighted by Crippen LogP contribution is -2.33. The molecule has 1 aliphatic rings. The number of pyridine rings is 1. The first-order chi connectivity index (χ1) is 14.2. The monoisotopic (exact) mass is 387 g/mol. The number of piperidine rings is 1. The molecule has 1 fully saturated rings. The maximum atomic E-state index is 5.50. The van der Waals surface area contributed by atoms with Gasteiger partial charge in [-0.3, -0.25) is 4.90 Å². The Morgan fingerprint density at radius 2 is 2.03 bits per heavy atom. The second-order valence-corrected chi connectivity index (χ2v) is 7.71. The van der Waals surface area contributed by atoms with Gasteiger partial charge in [-0.15, -0.1) is 6.58 Å². The third-order valence-corrected chi connectivity index (χ3v) is 5.70. The lowest BCUT2D eigenvalue weighted by atomic mass is 9.95. The van der Waals surface area contributed by atoms with Gasteiger partial charge in [0.2, 0.25) is 0 Å². The summed E-state index contributed by atoms with van der Waals surface area (Å²) in [5, 5.41) is 4.64. The fraction of sp³-hybridized carbons (Fsp3) is 0.320. The molecule has 4 nitrogen and oxygen atoms in total. The zero-order valence-electron chi connectivity index (χ0n) is 17.3. The summed E-state index contributed by atoms with van der Waals surface area (Å²) in [4.78, 5) is 7.20. The molecule has 29 heavy (non-hydrogen) atoms. The number of anilines is 2. The molecule has 0 spiro atoms. The van der Waals surface area contributed by atoms with Crippen molar-refractivity contribution in [2.45, 2.75) is 32.2 Å². The topological polar surface area (TPSA) is 37.4 Å². The number of ether oxygens (including phenoxy) is 1. The number of hydrogen-bond acceptors (Lipinski definition) is 4. The molecule has 1 saturated heterocycles. The second kappa shape index (κ2) is 8.66. The Morgan fingerprint density at radius 3 is 2.79 bits per heavy atom. The third-order valence-electron chi connectivity index (χ3n) is 5.70. The van der Waals surface area contributed by atoms with Crippen LogP contribution in [0.3, 0.4) is 0 Å². The van der Waals surface area contributed by atoms with E-state index >= 15 is 0 Å². The van der Waals surface area contributed by atoms with Crippen molar-refractivity contribution in [2.75, 3.05) is 25.5 Å². The van der Waals surface area contributed by atoms with Crippen LogP contribution in [0.25, 0.3) is 10.9 Å². The number of likely N-dealkylation sites (tertiary alicyclic amines) is 1. The summed E-state index contributed by atoms with van der Waals surface area (Å²) in [6.07, 6.45) is 5.80. The van der Waals surface area contributed by atoms with Gasteiger partial charge in [0.15, 0.2) is 0 Å². The van der Waals surface area contributed by atoms with Crippen molar-refractivity contribution in [3.63, 3.8) is 0 Å². The van der Waals surface area contributed by atoms with E-state index in [2.05, 4.69) is 58.2 Å². The zero-order valence-corrected chi connectivity index (χ0v) is 17.3. The molecule has 4 heteroatoms. The van der Waals surface area contributed by atoms with Crippen LogP contribution in [0.2, 0.25) is 0 Å². The van der Waals surface area contributed by atoms with Crippen molar-refractivity contribution in [3.05, 3.63) is 72.4 Å². The molecule has 1 aromatic heterocycles. The Hall–Kier alpha value is -2.85. The van der Waals surface area contributed by atoms with Gasteiger partial charge in [-0.1, -0.05) is 36.8 Å². The molecule has 0 saturated carbocycles. The van der Waals surface area contributed by atoms with Crippen molar-refractivity contribution in [2.24, 2.45) is 0 Å². The number of para-hydroxylation sites is 1. The summed E-state index contributed by atoms with van der Waals surface area (Å²) >= 11 is 0. The Labute approximate surface area is 173 Å². The van der Waals surface area contributed by atoms with Crippen LogP contribution < -0.4 is 10.1 Å². The zero-order chi connectivity index (χ0) is 20.2. The first kappa shape index (κ1) is 19.5. The minimum absolute atomic E-state index is 0.490. The molecule has 1 aliphatic heterocycles. The maximum Gasteiger partial charge on any atom is 0.145 e. The van der Waals surface area contributed by atoms with Crippen molar-refractivity contribution in [1.82, 2.24) is 9.88 Å². The van der Waals surface area contributed by atoms with Gasteiger partial charge in [0.25, 0.3) is 0 Å². The van der Waals surface area contributed by atoms with Crippen LogP contribution in [-0.2, 0) is 0 Å². The van der Waals surface area contributed by atoms with Gasteiger partial charge in [-0.05, 0) is 56.1 Å². The van der Waals surface area contributed by atoms with Gasteiger partial charge in [0, 0.05) is 35.0 Å². The Kier molecular flexibility index (Phi) is 5.81. The lowest BCUT2D eigenvalue weighted by molar-refractivity contribution is 0.166. The molecule has 0 radical (unpaired) electrons. The van der Waals surface area contributed by atoms with E-state index in [-0.39, 0.29) is 0 Å². The number of nitrogens with one attached hydrogen (secondary N) is 1. The minimum Gasteiger partial charge on any atom is -0.494 e. The number of benzene rings is 2. The molecule has 2 heterocycles. The number of aromatic nitrogens is 1. The quantitative estimate of drug-likeness (QED) is 0.526. The van der Waals surface area contributed by atoms with E-state index in [9.17, 15) is 0 Å². The number of rotatable bonds is 6. The number of aryl methyl sites for hydroxylation is 1. The molecule has 0 bridgehead atoms. The van der Waals surface area contributed by atoms with Crippen LogP contribution in [0.15, 0.2) is 61.2 Å². The summed E-state index contributed by atoms with van der Waals surface area (Å²) in [7, 11) is 1.69. The molecular weight excluding hydrogens is 358 g/mol. The first-order valence-corrected chi connectivity index (χ1v) is 10.4. The molecule has 1 N–H and O–H groups in total. The summed E-state index contributed by atoms with van der Waals surface area (Å²) < 4.78 is 5.50. The highest BCUT2D eigenvalue weighted by Gasteiger charge is 2.22. The number of fused-ring (bicyclic) bond motifs is 1. The van der Waals surface area contributed by atoms with E-state index in [4.69, 9.17) is 4.74 Å². The highest BCUT2D eigenvalue weighted by atomic mass is 16.5. The van der Waals surface area contributed by atoms with Crippen LogP contribution >= 0.6 is 0 Å². The largest absolute Gasteiger partial charge is 0.494 e. The normalized spacial score (nSPS) is 17.2. The predicted molar refractivity (Wildman–Crippen MR) is 121 cm³/mol. The van der Waals surface area contributed by atoms with E-state index in [0.717, 1.165) is 46.8 Å². The summed E-state index contributed by atoms with van der Waals surface area (Å²) in [6.45, 7) is 8.04. The van der Waals surface area contributed by atoms with Crippen molar-refractivity contribution in [1.29, 1.82) is 0 Å². The second-order valence-electron chi connectivity index (χ2n) is 7.71. The van der Waals surface area contributed by atoms with Crippen LogP contribution in [0.1, 0.15) is 36.6 Å². The molecule has 150 valence electrons. The average molecular weight is 388 g/mol. The fourth-order valence-electron chi connectivity index (χ4n) is 4.32. The Balaban J connectivity index is 1.60. The fourth-order valence-corrected chi connectivity index (χ4v) is 4.32. The third kappa shape index (κ3) is 4.13. The molecule has 2 aromatic carbocycles.